The molecule has 0 unspecified atom stereocenters. The molecule has 0 spiro atoms. The molecule has 110 valence electrons. The summed E-state index contributed by atoms with van der Waals surface area (Å²) >= 11 is 0. The average Bonchev–Trinajstić information content (AvgIpc) is 2.45. The fraction of sp³-hybridized carbons (Fsp3) is 0.500. The predicted molar refractivity (Wildman–Crippen MR) is 79.4 cm³/mol. The monoisotopic (exact) mass is 277 g/mol. The third-order valence-corrected chi connectivity index (χ3v) is 2.97. The van der Waals surface area contributed by atoms with Gasteiger partial charge in [0.1, 0.15) is 5.75 Å². The summed E-state index contributed by atoms with van der Waals surface area (Å²) in [7, 11) is 0. The van der Waals surface area contributed by atoms with Crippen LogP contribution in [0.4, 0.5) is 0 Å². The minimum Gasteiger partial charge on any atom is -0.427 e. The highest BCUT2D eigenvalue weighted by Crippen LogP contribution is 2.15. The van der Waals surface area contributed by atoms with Crippen LogP contribution >= 0.6 is 0 Å². The number of aliphatic hydroxyl groups is 1. The molecular weight excluding hydrogens is 254 g/mol. The maximum absolute atomic E-state index is 11.6. The first-order valence-corrected chi connectivity index (χ1v) is 7.16. The highest BCUT2D eigenvalue weighted by atomic mass is 16.5. The number of esters is 1. The molecule has 1 rings (SSSR count). The molecular formula is C16H23NO3. The largest absolute Gasteiger partial charge is 0.427 e. The van der Waals surface area contributed by atoms with Gasteiger partial charge in [0, 0.05) is 18.7 Å². The highest BCUT2D eigenvalue weighted by Gasteiger charge is 2.06. The summed E-state index contributed by atoms with van der Waals surface area (Å²) in [6.45, 7) is 2.21. The van der Waals surface area contributed by atoms with Crippen LogP contribution in [0.5, 0.6) is 5.75 Å². The standard InChI is InChI=1S/C16H23NO3/c1-2-6-15(17)13-8-10-14(11-9-13)20-16(19)7-4-3-5-12-18/h8-11,17-18H,2-7,12H2,1H3. The number of nitrogens with one attached hydrogen (secondary N) is 1. The van der Waals surface area contributed by atoms with Gasteiger partial charge in [-0.2, -0.15) is 0 Å². The molecule has 0 aliphatic rings. The Morgan fingerprint density at radius 3 is 2.45 bits per heavy atom. The van der Waals surface area contributed by atoms with Crippen LogP contribution in [0.3, 0.4) is 0 Å². The van der Waals surface area contributed by atoms with E-state index in [2.05, 4.69) is 0 Å². The normalized spacial score (nSPS) is 10.3. The van der Waals surface area contributed by atoms with Gasteiger partial charge >= 0.3 is 5.97 Å². The van der Waals surface area contributed by atoms with Crippen molar-refractivity contribution < 1.29 is 14.6 Å². The first kappa shape index (κ1) is 16.4. The molecule has 0 heterocycles. The highest BCUT2D eigenvalue weighted by molar-refractivity contribution is 5.98. The van der Waals surface area contributed by atoms with Crippen LogP contribution in [0, 0.1) is 5.41 Å². The Bertz CT molecular complexity index is 426. The number of carbonyl (C=O) groups excluding carboxylic acids is 1. The zero-order valence-corrected chi connectivity index (χ0v) is 12.0. The molecule has 4 nitrogen and oxygen atoms in total. The Hall–Kier alpha value is -1.68. The summed E-state index contributed by atoms with van der Waals surface area (Å²) in [5.41, 5.74) is 1.48. The van der Waals surface area contributed by atoms with Gasteiger partial charge in [0.25, 0.3) is 0 Å². The number of carbonyl (C=O) groups is 1. The molecule has 0 aliphatic heterocycles. The molecule has 0 saturated carbocycles. The smallest absolute Gasteiger partial charge is 0.311 e. The topological polar surface area (TPSA) is 70.4 Å². The quantitative estimate of drug-likeness (QED) is 0.315. The molecule has 0 fully saturated rings. The Labute approximate surface area is 120 Å². The molecule has 0 aromatic heterocycles. The third kappa shape index (κ3) is 5.97. The molecule has 0 amide bonds. The second-order valence-electron chi connectivity index (χ2n) is 4.76. The Morgan fingerprint density at radius 2 is 1.85 bits per heavy atom. The summed E-state index contributed by atoms with van der Waals surface area (Å²) in [5.74, 6) is 0.268. The number of rotatable bonds is 9. The van der Waals surface area contributed by atoms with Crippen molar-refractivity contribution in [2.45, 2.75) is 45.4 Å². The van der Waals surface area contributed by atoms with E-state index in [0.29, 0.717) is 17.9 Å². The molecule has 0 saturated heterocycles. The van der Waals surface area contributed by atoms with Gasteiger partial charge in [0.15, 0.2) is 0 Å². The van der Waals surface area contributed by atoms with E-state index in [0.717, 1.165) is 37.7 Å². The van der Waals surface area contributed by atoms with E-state index < -0.39 is 0 Å². The van der Waals surface area contributed by atoms with Crippen molar-refractivity contribution in [2.24, 2.45) is 0 Å². The van der Waals surface area contributed by atoms with Crippen LogP contribution in [-0.4, -0.2) is 23.4 Å². The summed E-state index contributed by atoms with van der Waals surface area (Å²) in [4.78, 5) is 11.6. The Kier molecular flexibility index (Phi) is 7.58. The SMILES string of the molecule is CCCC(=N)c1ccc(OC(=O)CCCCCO)cc1. The van der Waals surface area contributed by atoms with Crippen molar-refractivity contribution in [3.63, 3.8) is 0 Å². The zero-order chi connectivity index (χ0) is 14.8. The second-order valence-corrected chi connectivity index (χ2v) is 4.76. The molecule has 20 heavy (non-hydrogen) atoms. The lowest BCUT2D eigenvalue weighted by atomic mass is 10.1. The van der Waals surface area contributed by atoms with E-state index in [1.54, 1.807) is 12.1 Å². The van der Waals surface area contributed by atoms with Gasteiger partial charge in [-0.3, -0.25) is 4.79 Å². The molecule has 1 aromatic carbocycles. The average molecular weight is 277 g/mol. The molecule has 0 aliphatic carbocycles. The maximum atomic E-state index is 11.6. The number of unbranched alkanes of at least 4 members (excludes halogenated alkanes) is 2. The molecule has 1 aromatic rings. The molecule has 0 radical (unpaired) electrons. The maximum Gasteiger partial charge on any atom is 0.311 e. The van der Waals surface area contributed by atoms with Gasteiger partial charge in [0.2, 0.25) is 0 Å². The van der Waals surface area contributed by atoms with E-state index in [1.165, 1.54) is 0 Å². The summed E-state index contributed by atoms with van der Waals surface area (Å²) in [6, 6.07) is 7.08. The fourth-order valence-corrected chi connectivity index (χ4v) is 1.86. The minimum atomic E-state index is -0.251. The van der Waals surface area contributed by atoms with Gasteiger partial charge in [0.05, 0.1) is 0 Å². The summed E-state index contributed by atoms with van der Waals surface area (Å²) in [5, 5.41) is 16.5. The molecule has 0 bridgehead atoms. The number of hydrogen-bond donors (Lipinski definition) is 2. The number of benzene rings is 1. The minimum absolute atomic E-state index is 0.167. The van der Waals surface area contributed by atoms with Crippen molar-refractivity contribution in [3.05, 3.63) is 29.8 Å². The van der Waals surface area contributed by atoms with Crippen molar-refractivity contribution in [3.8, 4) is 5.75 Å². The van der Waals surface area contributed by atoms with Crippen LogP contribution in [0.2, 0.25) is 0 Å². The summed E-state index contributed by atoms with van der Waals surface area (Å²) in [6.07, 6.45) is 4.36. The van der Waals surface area contributed by atoms with Crippen LogP contribution in [0.25, 0.3) is 0 Å². The first-order chi connectivity index (χ1) is 9.67. The van der Waals surface area contributed by atoms with Gasteiger partial charge in [-0.05, 0) is 49.1 Å². The molecule has 2 N–H and O–H groups in total. The van der Waals surface area contributed by atoms with E-state index in [1.807, 2.05) is 19.1 Å². The Morgan fingerprint density at radius 1 is 1.15 bits per heavy atom. The van der Waals surface area contributed by atoms with E-state index in [-0.39, 0.29) is 12.6 Å². The second kappa shape index (κ2) is 9.26. The van der Waals surface area contributed by atoms with Gasteiger partial charge in [-0.15, -0.1) is 0 Å². The van der Waals surface area contributed by atoms with Gasteiger partial charge in [-0.25, -0.2) is 0 Å². The van der Waals surface area contributed by atoms with Crippen LogP contribution < -0.4 is 4.74 Å². The van der Waals surface area contributed by atoms with E-state index in [4.69, 9.17) is 15.3 Å². The lowest BCUT2D eigenvalue weighted by molar-refractivity contribution is -0.134. The lowest BCUT2D eigenvalue weighted by Gasteiger charge is -2.06. The van der Waals surface area contributed by atoms with Crippen molar-refractivity contribution in [1.82, 2.24) is 0 Å². The fourth-order valence-electron chi connectivity index (χ4n) is 1.86. The van der Waals surface area contributed by atoms with Gasteiger partial charge in [-0.1, -0.05) is 19.8 Å². The van der Waals surface area contributed by atoms with Gasteiger partial charge < -0.3 is 15.3 Å². The van der Waals surface area contributed by atoms with Crippen molar-refractivity contribution in [1.29, 1.82) is 5.41 Å². The van der Waals surface area contributed by atoms with Crippen molar-refractivity contribution >= 4 is 11.7 Å². The molecule has 0 atom stereocenters. The molecule has 4 heteroatoms. The number of aliphatic hydroxyl groups excluding tert-OH is 1. The Balaban J connectivity index is 2.41. The van der Waals surface area contributed by atoms with Crippen LogP contribution in [0.1, 0.15) is 51.0 Å². The number of hydrogen-bond acceptors (Lipinski definition) is 4. The van der Waals surface area contributed by atoms with E-state index in [9.17, 15) is 4.79 Å². The van der Waals surface area contributed by atoms with Crippen LogP contribution in [-0.2, 0) is 4.79 Å². The predicted octanol–water partition coefficient (Wildman–Crippen LogP) is 3.31. The van der Waals surface area contributed by atoms with Crippen LogP contribution in [0.15, 0.2) is 24.3 Å². The number of ether oxygens (including phenoxy) is 1. The summed E-state index contributed by atoms with van der Waals surface area (Å²) < 4.78 is 5.22. The lowest BCUT2D eigenvalue weighted by Crippen LogP contribution is -2.08. The third-order valence-electron chi connectivity index (χ3n) is 2.97. The van der Waals surface area contributed by atoms with Crippen molar-refractivity contribution in [2.75, 3.05) is 6.61 Å². The van der Waals surface area contributed by atoms with E-state index >= 15 is 0 Å². The first-order valence-electron chi connectivity index (χ1n) is 7.16. The zero-order valence-electron chi connectivity index (χ0n) is 12.0.